The lowest BCUT2D eigenvalue weighted by Crippen LogP contribution is -2.53. The summed E-state index contributed by atoms with van der Waals surface area (Å²) in [5, 5.41) is 12.6. The van der Waals surface area contributed by atoms with Crippen LogP contribution in [0, 0.1) is 0 Å². The summed E-state index contributed by atoms with van der Waals surface area (Å²) >= 11 is 0. The lowest BCUT2D eigenvalue weighted by molar-refractivity contribution is -0.145. The molecule has 2 atom stereocenters. The predicted molar refractivity (Wildman–Crippen MR) is 65.0 cm³/mol. The number of aliphatic carboxylic acids is 1. The summed E-state index contributed by atoms with van der Waals surface area (Å²) < 4.78 is 5.93. The molecule has 0 aromatic rings. The number of hydrogen-bond acceptors (Lipinski definition) is 3. The van der Waals surface area contributed by atoms with Crippen LogP contribution in [0.2, 0.25) is 0 Å². The van der Waals surface area contributed by atoms with Gasteiger partial charge in [0.15, 0.2) is 0 Å². The third kappa shape index (κ3) is 2.80. The molecule has 0 aromatic carbocycles. The minimum absolute atomic E-state index is 0.127. The Labute approximate surface area is 103 Å². The molecule has 0 amide bonds. The maximum absolute atomic E-state index is 11.5. The monoisotopic (exact) mass is 241 g/mol. The Morgan fingerprint density at radius 2 is 2.06 bits per heavy atom. The van der Waals surface area contributed by atoms with Crippen molar-refractivity contribution >= 4 is 5.97 Å². The molecule has 4 heteroatoms. The van der Waals surface area contributed by atoms with Crippen molar-refractivity contribution in [1.29, 1.82) is 0 Å². The van der Waals surface area contributed by atoms with Crippen molar-refractivity contribution in [1.82, 2.24) is 5.32 Å². The zero-order chi connectivity index (χ0) is 12.5. The summed E-state index contributed by atoms with van der Waals surface area (Å²) in [4.78, 5) is 11.5. The van der Waals surface area contributed by atoms with Gasteiger partial charge in [-0.3, -0.25) is 10.1 Å². The molecular formula is C13H23NO3. The number of ether oxygens (including phenoxy) is 1. The molecule has 2 saturated carbocycles. The lowest BCUT2D eigenvalue weighted by Gasteiger charge is -2.31. The molecule has 0 aliphatic heterocycles. The highest BCUT2D eigenvalue weighted by atomic mass is 16.5. The average molecular weight is 241 g/mol. The second-order valence-electron chi connectivity index (χ2n) is 5.74. The van der Waals surface area contributed by atoms with E-state index >= 15 is 0 Å². The van der Waals surface area contributed by atoms with Gasteiger partial charge in [0, 0.05) is 12.5 Å². The van der Waals surface area contributed by atoms with E-state index in [1.165, 1.54) is 6.42 Å². The number of carboxylic acids is 1. The molecule has 2 fully saturated rings. The second kappa shape index (κ2) is 4.94. The van der Waals surface area contributed by atoms with Crippen molar-refractivity contribution in [2.75, 3.05) is 0 Å². The van der Waals surface area contributed by atoms with E-state index in [9.17, 15) is 9.90 Å². The normalized spacial score (nSPS) is 33.9. The van der Waals surface area contributed by atoms with Gasteiger partial charge in [0.1, 0.15) is 5.54 Å². The summed E-state index contributed by atoms with van der Waals surface area (Å²) in [6.07, 6.45) is 6.22. The highest BCUT2D eigenvalue weighted by Crippen LogP contribution is 2.35. The minimum Gasteiger partial charge on any atom is -0.480 e. The van der Waals surface area contributed by atoms with Crippen molar-refractivity contribution in [3.05, 3.63) is 0 Å². The minimum atomic E-state index is -0.761. The summed E-state index contributed by atoms with van der Waals surface area (Å²) in [5.41, 5.74) is -0.761. The van der Waals surface area contributed by atoms with E-state index < -0.39 is 11.5 Å². The maximum atomic E-state index is 11.5. The Hall–Kier alpha value is -0.610. The van der Waals surface area contributed by atoms with Gasteiger partial charge in [-0.15, -0.1) is 0 Å². The van der Waals surface area contributed by atoms with E-state index in [-0.39, 0.29) is 12.1 Å². The van der Waals surface area contributed by atoms with E-state index in [0.717, 1.165) is 19.3 Å². The van der Waals surface area contributed by atoms with E-state index in [2.05, 4.69) is 5.32 Å². The molecule has 2 N–H and O–H groups in total. The van der Waals surface area contributed by atoms with Crippen LogP contribution in [0.1, 0.15) is 52.4 Å². The summed E-state index contributed by atoms with van der Waals surface area (Å²) in [5.74, 6) is -0.731. The zero-order valence-corrected chi connectivity index (χ0v) is 10.7. The van der Waals surface area contributed by atoms with E-state index in [0.29, 0.717) is 18.9 Å². The number of rotatable bonds is 5. The molecule has 2 rings (SSSR count). The summed E-state index contributed by atoms with van der Waals surface area (Å²) in [7, 11) is 0. The van der Waals surface area contributed by atoms with Crippen LogP contribution in [-0.2, 0) is 9.53 Å². The van der Waals surface area contributed by atoms with Gasteiger partial charge in [-0.25, -0.2) is 0 Å². The Kier molecular flexibility index (Phi) is 3.73. The van der Waals surface area contributed by atoms with E-state index in [4.69, 9.17) is 4.74 Å². The maximum Gasteiger partial charge on any atom is 0.324 e. The Morgan fingerprint density at radius 1 is 1.35 bits per heavy atom. The second-order valence-corrected chi connectivity index (χ2v) is 5.74. The SMILES string of the molecule is CC(C)NC1(C(=O)O)CCC(OC2CCC2)C1. The molecule has 2 aliphatic rings. The summed E-state index contributed by atoms with van der Waals surface area (Å²) in [6.45, 7) is 3.98. The molecule has 2 unspecified atom stereocenters. The molecule has 0 heterocycles. The molecule has 0 radical (unpaired) electrons. The number of carbonyl (C=O) groups is 1. The van der Waals surface area contributed by atoms with Crippen LogP contribution in [0.3, 0.4) is 0 Å². The van der Waals surface area contributed by atoms with Crippen LogP contribution in [0.4, 0.5) is 0 Å². The summed E-state index contributed by atoms with van der Waals surface area (Å²) in [6, 6.07) is 0.188. The molecule has 0 aromatic heterocycles. The largest absolute Gasteiger partial charge is 0.480 e. The quantitative estimate of drug-likeness (QED) is 0.772. The third-order valence-corrected chi connectivity index (χ3v) is 3.88. The Bertz CT molecular complexity index is 288. The molecule has 0 bridgehead atoms. The highest BCUT2D eigenvalue weighted by molar-refractivity contribution is 5.79. The fourth-order valence-corrected chi connectivity index (χ4v) is 2.84. The molecule has 98 valence electrons. The van der Waals surface area contributed by atoms with Crippen molar-refractivity contribution < 1.29 is 14.6 Å². The third-order valence-electron chi connectivity index (χ3n) is 3.88. The topological polar surface area (TPSA) is 58.6 Å². The molecular weight excluding hydrogens is 218 g/mol. The molecule has 0 spiro atoms. The van der Waals surface area contributed by atoms with Crippen LogP contribution in [0.25, 0.3) is 0 Å². The van der Waals surface area contributed by atoms with Gasteiger partial charge in [0.2, 0.25) is 0 Å². The van der Waals surface area contributed by atoms with E-state index in [1.807, 2.05) is 13.8 Å². The molecule has 17 heavy (non-hydrogen) atoms. The number of nitrogens with one attached hydrogen (secondary N) is 1. The fourth-order valence-electron chi connectivity index (χ4n) is 2.84. The highest BCUT2D eigenvalue weighted by Gasteiger charge is 2.46. The van der Waals surface area contributed by atoms with Gasteiger partial charge in [-0.05, 0) is 46.0 Å². The van der Waals surface area contributed by atoms with Crippen molar-refractivity contribution in [3.63, 3.8) is 0 Å². The van der Waals surface area contributed by atoms with Gasteiger partial charge < -0.3 is 9.84 Å². The number of carboxylic acid groups (broad SMARTS) is 1. The molecule has 2 aliphatic carbocycles. The molecule has 0 saturated heterocycles. The van der Waals surface area contributed by atoms with Crippen molar-refractivity contribution in [2.24, 2.45) is 0 Å². The van der Waals surface area contributed by atoms with Gasteiger partial charge in [0.05, 0.1) is 12.2 Å². The lowest BCUT2D eigenvalue weighted by atomic mass is 9.95. The first-order chi connectivity index (χ1) is 8.02. The van der Waals surface area contributed by atoms with Crippen molar-refractivity contribution in [2.45, 2.75) is 76.2 Å². The van der Waals surface area contributed by atoms with Crippen LogP contribution in [0.5, 0.6) is 0 Å². The van der Waals surface area contributed by atoms with Gasteiger partial charge >= 0.3 is 5.97 Å². The smallest absolute Gasteiger partial charge is 0.324 e. The number of hydrogen-bond donors (Lipinski definition) is 2. The first-order valence-corrected chi connectivity index (χ1v) is 6.68. The Morgan fingerprint density at radius 3 is 2.53 bits per heavy atom. The van der Waals surface area contributed by atoms with Crippen LogP contribution in [0.15, 0.2) is 0 Å². The zero-order valence-electron chi connectivity index (χ0n) is 10.7. The first kappa shape index (κ1) is 12.8. The van der Waals surface area contributed by atoms with Crippen LogP contribution < -0.4 is 5.32 Å². The van der Waals surface area contributed by atoms with Crippen LogP contribution in [-0.4, -0.2) is 34.9 Å². The van der Waals surface area contributed by atoms with Gasteiger partial charge in [0.25, 0.3) is 0 Å². The molecule has 4 nitrogen and oxygen atoms in total. The first-order valence-electron chi connectivity index (χ1n) is 6.68. The predicted octanol–water partition coefficient (Wildman–Crippen LogP) is 1.93. The Balaban J connectivity index is 1.92. The average Bonchev–Trinajstić information content (AvgIpc) is 2.55. The van der Waals surface area contributed by atoms with Gasteiger partial charge in [-0.1, -0.05) is 0 Å². The van der Waals surface area contributed by atoms with Gasteiger partial charge in [-0.2, -0.15) is 0 Å². The van der Waals surface area contributed by atoms with Crippen LogP contribution >= 0.6 is 0 Å². The van der Waals surface area contributed by atoms with E-state index in [1.54, 1.807) is 0 Å². The standard InChI is InChI=1S/C13H23NO3/c1-9(2)14-13(12(15)16)7-6-11(8-13)17-10-4-3-5-10/h9-11,14H,3-8H2,1-2H3,(H,15,16). The van der Waals surface area contributed by atoms with Crippen molar-refractivity contribution in [3.8, 4) is 0 Å². The fraction of sp³-hybridized carbons (Fsp3) is 0.923.